The standard InChI is InChI=1S/C20H19ClN2S/c21-16-6-4-15(5-7-16)20-18-9-11-24-19(18)8-10-23(20)13-14-2-1-3-17(22)12-14/h1-7,9,11-12,20H,8,10,13,22H2. The van der Waals surface area contributed by atoms with E-state index in [0.717, 1.165) is 30.2 Å². The lowest BCUT2D eigenvalue weighted by Gasteiger charge is -2.36. The van der Waals surface area contributed by atoms with Crippen molar-refractivity contribution in [1.82, 2.24) is 4.90 Å². The van der Waals surface area contributed by atoms with Crippen LogP contribution in [0.15, 0.2) is 60.0 Å². The molecule has 2 heterocycles. The third kappa shape index (κ3) is 3.07. The summed E-state index contributed by atoms with van der Waals surface area (Å²) in [4.78, 5) is 4.03. The van der Waals surface area contributed by atoms with E-state index in [-0.39, 0.29) is 6.04 Å². The van der Waals surface area contributed by atoms with E-state index in [2.05, 4.69) is 40.6 Å². The van der Waals surface area contributed by atoms with E-state index in [4.69, 9.17) is 17.3 Å². The zero-order valence-electron chi connectivity index (χ0n) is 13.3. The van der Waals surface area contributed by atoms with Crippen molar-refractivity contribution in [3.05, 3.63) is 86.6 Å². The maximum absolute atomic E-state index is 6.09. The Balaban J connectivity index is 1.71. The molecule has 0 saturated heterocycles. The maximum Gasteiger partial charge on any atom is 0.0615 e. The number of hydrogen-bond acceptors (Lipinski definition) is 3. The molecule has 0 aliphatic carbocycles. The van der Waals surface area contributed by atoms with Crippen LogP contribution in [0.4, 0.5) is 5.69 Å². The third-order valence-corrected chi connectivity index (χ3v) is 5.84. The Morgan fingerprint density at radius 1 is 1.12 bits per heavy atom. The Hall–Kier alpha value is -1.81. The van der Waals surface area contributed by atoms with Gasteiger partial charge in [0.1, 0.15) is 0 Å². The Labute approximate surface area is 151 Å². The van der Waals surface area contributed by atoms with E-state index < -0.39 is 0 Å². The van der Waals surface area contributed by atoms with Crippen LogP contribution in [0, 0.1) is 0 Å². The van der Waals surface area contributed by atoms with Crippen LogP contribution in [-0.4, -0.2) is 11.4 Å². The van der Waals surface area contributed by atoms with Gasteiger partial charge in [0.2, 0.25) is 0 Å². The Bertz CT molecular complexity index is 841. The number of nitrogens with zero attached hydrogens (tertiary/aromatic N) is 1. The third-order valence-electron chi connectivity index (χ3n) is 4.59. The molecular formula is C20H19ClN2S. The molecule has 0 saturated carbocycles. The maximum atomic E-state index is 6.09. The van der Waals surface area contributed by atoms with Gasteiger partial charge in [-0.05, 0) is 58.8 Å². The van der Waals surface area contributed by atoms with E-state index in [1.807, 2.05) is 35.6 Å². The van der Waals surface area contributed by atoms with Gasteiger partial charge in [-0.2, -0.15) is 0 Å². The lowest BCUT2D eigenvalue weighted by Crippen LogP contribution is -2.34. The number of anilines is 1. The first-order chi connectivity index (χ1) is 11.7. The summed E-state index contributed by atoms with van der Waals surface area (Å²) < 4.78 is 0. The van der Waals surface area contributed by atoms with E-state index in [1.54, 1.807) is 0 Å². The molecule has 1 unspecified atom stereocenters. The Morgan fingerprint density at radius 2 is 1.96 bits per heavy atom. The van der Waals surface area contributed by atoms with E-state index in [1.165, 1.54) is 21.6 Å². The highest BCUT2D eigenvalue weighted by atomic mass is 35.5. The first kappa shape index (κ1) is 15.7. The largest absolute Gasteiger partial charge is 0.399 e. The molecule has 2 N–H and O–H groups in total. The molecule has 1 atom stereocenters. The number of nitrogen functional groups attached to an aromatic ring is 1. The number of halogens is 1. The minimum absolute atomic E-state index is 0.277. The van der Waals surface area contributed by atoms with Gasteiger partial charge in [-0.25, -0.2) is 0 Å². The summed E-state index contributed by atoms with van der Waals surface area (Å²) in [6.07, 6.45) is 1.11. The summed E-state index contributed by atoms with van der Waals surface area (Å²) in [6.45, 7) is 1.95. The van der Waals surface area contributed by atoms with Crippen LogP contribution < -0.4 is 5.73 Å². The highest BCUT2D eigenvalue weighted by Gasteiger charge is 2.29. The lowest BCUT2D eigenvalue weighted by atomic mass is 9.93. The number of fused-ring (bicyclic) bond motifs is 1. The molecule has 0 radical (unpaired) electrons. The SMILES string of the molecule is Nc1cccc(CN2CCc3sccc3C2c2ccc(Cl)cc2)c1. The number of hydrogen-bond donors (Lipinski definition) is 1. The first-order valence-corrected chi connectivity index (χ1v) is 9.36. The van der Waals surface area contributed by atoms with Gasteiger partial charge in [-0.1, -0.05) is 35.9 Å². The van der Waals surface area contributed by atoms with Gasteiger partial charge in [-0.15, -0.1) is 11.3 Å². The fourth-order valence-electron chi connectivity index (χ4n) is 3.50. The van der Waals surface area contributed by atoms with Gasteiger partial charge in [0.15, 0.2) is 0 Å². The molecule has 0 amide bonds. The molecule has 1 aliphatic rings. The van der Waals surface area contributed by atoms with Crippen LogP contribution in [0.25, 0.3) is 0 Å². The molecule has 2 nitrogen and oxygen atoms in total. The fraction of sp³-hybridized carbons (Fsp3) is 0.200. The molecular weight excluding hydrogens is 336 g/mol. The van der Waals surface area contributed by atoms with Crippen molar-refractivity contribution in [2.24, 2.45) is 0 Å². The topological polar surface area (TPSA) is 29.3 Å². The lowest BCUT2D eigenvalue weighted by molar-refractivity contribution is 0.206. The normalized spacial score (nSPS) is 17.6. The Kier molecular flexibility index (Phi) is 4.31. The van der Waals surface area contributed by atoms with Crippen LogP contribution in [0.2, 0.25) is 5.02 Å². The van der Waals surface area contributed by atoms with Crippen molar-refractivity contribution >= 4 is 28.6 Å². The van der Waals surface area contributed by atoms with Gasteiger partial charge in [-0.3, -0.25) is 4.90 Å². The zero-order valence-corrected chi connectivity index (χ0v) is 14.9. The second-order valence-electron chi connectivity index (χ2n) is 6.22. The van der Waals surface area contributed by atoms with E-state index in [9.17, 15) is 0 Å². The van der Waals surface area contributed by atoms with Crippen molar-refractivity contribution in [1.29, 1.82) is 0 Å². The molecule has 1 aliphatic heterocycles. The predicted octanol–water partition coefficient (Wildman–Crippen LogP) is 5.13. The monoisotopic (exact) mass is 354 g/mol. The highest BCUT2D eigenvalue weighted by Crippen LogP contribution is 2.38. The van der Waals surface area contributed by atoms with Crippen molar-refractivity contribution < 1.29 is 0 Å². The van der Waals surface area contributed by atoms with Crippen LogP contribution in [0.1, 0.15) is 27.6 Å². The summed E-state index contributed by atoms with van der Waals surface area (Å²) in [7, 11) is 0. The predicted molar refractivity (Wildman–Crippen MR) is 103 cm³/mol. The number of benzene rings is 2. The highest BCUT2D eigenvalue weighted by molar-refractivity contribution is 7.10. The van der Waals surface area contributed by atoms with Gasteiger partial charge >= 0.3 is 0 Å². The smallest absolute Gasteiger partial charge is 0.0615 e. The first-order valence-electron chi connectivity index (χ1n) is 8.11. The summed E-state index contributed by atoms with van der Waals surface area (Å²) in [6, 6.07) is 19.0. The summed E-state index contributed by atoms with van der Waals surface area (Å²) in [5.41, 5.74) is 10.8. The molecule has 1 aromatic heterocycles. The quantitative estimate of drug-likeness (QED) is 0.660. The van der Waals surface area contributed by atoms with Crippen LogP contribution >= 0.6 is 22.9 Å². The molecule has 122 valence electrons. The van der Waals surface area contributed by atoms with Crippen molar-refractivity contribution in [2.75, 3.05) is 12.3 Å². The minimum atomic E-state index is 0.277. The molecule has 4 heteroatoms. The van der Waals surface area contributed by atoms with Crippen LogP contribution in [0.3, 0.4) is 0 Å². The van der Waals surface area contributed by atoms with Gasteiger partial charge < -0.3 is 5.73 Å². The number of nitrogens with two attached hydrogens (primary N) is 1. The molecule has 2 aromatic carbocycles. The Morgan fingerprint density at radius 3 is 2.75 bits per heavy atom. The zero-order chi connectivity index (χ0) is 16.5. The van der Waals surface area contributed by atoms with E-state index >= 15 is 0 Å². The van der Waals surface area contributed by atoms with Crippen molar-refractivity contribution in [2.45, 2.75) is 19.0 Å². The summed E-state index contributed by atoms with van der Waals surface area (Å²) >= 11 is 7.95. The number of thiophene rings is 1. The van der Waals surface area contributed by atoms with Crippen molar-refractivity contribution in [3.8, 4) is 0 Å². The molecule has 24 heavy (non-hydrogen) atoms. The fourth-order valence-corrected chi connectivity index (χ4v) is 4.53. The van der Waals surface area contributed by atoms with Gasteiger partial charge in [0.25, 0.3) is 0 Å². The average Bonchev–Trinajstić information content (AvgIpc) is 3.04. The molecule has 4 rings (SSSR count). The molecule has 0 bridgehead atoms. The second kappa shape index (κ2) is 6.60. The van der Waals surface area contributed by atoms with Gasteiger partial charge in [0.05, 0.1) is 6.04 Å². The molecule has 3 aromatic rings. The molecule has 0 fully saturated rings. The number of rotatable bonds is 3. The summed E-state index contributed by atoms with van der Waals surface area (Å²) in [5.74, 6) is 0. The summed E-state index contributed by atoms with van der Waals surface area (Å²) in [5, 5.41) is 2.99. The second-order valence-corrected chi connectivity index (χ2v) is 7.66. The van der Waals surface area contributed by atoms with Crippen LogP contribution in [-0.2, 0) is 13.0 Å². The van der Waals surface area contributed by atoms with Crippen LogP contribution in [0.5, 0.6) is 0 Å². The van der Waals surface area contributed by atoms with Crippen molar-refractivity contribution in [3.63, 3.8) is 0 Å². The minimum Gasteiger partial charge on any atom is -0.399 e. The van der Waals surface area contributed by atoms with E-state index in [0.29, 0.717) is 0 Å². The molecule has 0 spiro atoms. The van der Waals surface area contributed by atoms with Gasteiger partial charge in [0, 0.05) is 28.7 Å². The average molecular weight is 355 g/mol.